The maximum absolute atomic E-state index is 13.1. The first-order valence-corrected chi connectivity index (χ1v) is 45.7. The second-order valence-corrected chi connectivity index (χ2v) is 32.7. The SMILES string of the molecule is CCCCCCCCCCCCCCCCCCCCCCCC(=O)O[C@H](COC(=O)CCCCCCCCCCCCCCCCC)COP(=O)(O)OC[C@@H](O)COP(=O)(O)OC[C@@H](COC(=O)CCCCCCCCCCCCC)OC(=O)CCCCCCCCCCCCC(C)CC. The molecule has 0 rings (SSSR count). The van der Waals surface area contributed by atoms with E-state index in [4.69, 9.17) is 37.0 Å². The van der Waals surface area contributed by atoms with Crippen molar-refractivity contribution < 1.29 is 80.2 Å². The fraction of sp³-hybridized carbons (Fsp3) is 0.951. The van der Waals surface area contributed by atoms with Gasteiger partial charge in [-0.15, -0.1) is 0 Å². The summed E-state index contributed by atoms with van der Waals surface area (Å²) in [5.74, 6) is -1.30. The van der Waals surface area contributed by atoms with E-state index in [2.05, 4.69) is 34.6 Å². The van der Waals surface area contributed by atoms with Gasteiger partial charge in [0.15, 0.2) is 12.2 Å². The number of carbonyl (C=O) groups excluding carboxylic acids is 4. The number of hydrogen-bond acceptors (Lipinski definition) is 15. The van der Waals surface area contributed by atoms with E-state index in [0.29, 0.717) is 25.7 Å². The molecule has 0 bridgehead atoms. The number of carbonyl (C=O) groups is 4. The predicted octanol–water partition coefficient (Wildman–Crippen LogP) is 24.8. The van der Waals surface area contributed by atoms with Gasteiger partial charge in [0.1, 0.15) is 19.3 Å². The standard InChI is InChI=1S/C82H160O17P2/c1-6-10-13-16-19-22-25-27-29-30-31-32-33-34-36-38-41-47-52-57-62-67-81(86)98-77(72-93-80(85)66-61-56-51-46-40-37-35-28-26-23-20-17-14-11-7-2)73-96-100(88,89)94-69-76(83)70-95-101(90,91)97-74-78(71-92-79(84)65-60-55-50-45-39-24-21-18-15-12-8-3)99-82(87)68-63-58-53-48-43-42-44-49-54-59-64-75(5)9-4/h75-78,83H,6-74H2,1-5H3,(H,88,89)(H,90,91)/t75?,76-,77-,78-/m1/s1. The molecule has 6 atom stereocenters. The van der Waals surface area contributed by atoms with Crippen LogP contribution in [0.4, 0.5) is 0 Å². The molecular formula is C82H160O17P2. The minimum absolute atomic E-state index is 0.107. The first kappa shape index (κ1) is 99.1. The van der Waals surface area contributed by atoms with Crippen LogP contribution < -0.4 is 0 Å². The number of unbranched alkanes of at least 4 members (excludes halogenated alkanes) is 53. The molecule has 19 heteroatoms. The molecule has 3 N–H and O–H groups in total. The molecule has 0 saturated heterocycles. The maximum atomic E-state index is 13.1. The maximum Gasteiger partial charge on any atom is 0.472 e. The average molecular weight is 1480 g/mol. The second kappa shape index (κ2) is 74.9. The molecule has 0 aliphatic rings. The highest BCUT2D eigenvalue weighted by Gasteiger charge is 2.30. The van der Waals surface area contributed by atoms with E-state index in [1.807, 2.05) is 0 Å². The molecule has 0 saturated carbocycles. The molecule has 101 heavy (non-hydrogen) atoms. The zero-order chi connectivity index (χ0) is 74.1. The minimum Gasteiger partial charge on any atom is -0.462 e. The Labute approximate surface area is 619 Å². The number of phosphoric ester groups is 2. The quantitative estimate of drug-likeness (QED) is 0.0222. The van der Waals surface area contributed by atoms with Crippen LogP contribution in [0.3, 0.4) is 0 Å². The summed E-state index contributed by atoms with van der Waals surface area (Å²) in [6, 6.07) is 0. The molecule has 0 heterocycles. The van der Waals surface area contributed by atoms with Crippen molar-refractivity contribution in [3.63, 3.8) is 0 Å². The number of ether oxygens (including phenoxy) is 4. The molecule has 0 aromatic rings. The summed E-state index contributed by atoms with van der Waals surface area (Å²) < 4.78 is 68.8. The summed E-state index contributed by atoms with van der Waals surface area (Å²) in [5, 5.41) is 10.6. The fourth-order valence-electron chi connectivity index (χ4n) is 12.7. The lowest BCUT2D eigenvalue weighted by Crippen LogP contribution is -2.30. The fourth-order valence-corrected chi connectivity index (χ4v) is 14.3. The lowest BCUT2D eigenvalue weighted by Gasteiger charge is -2.21. The van der Waals surface area contributed by atoms with E-state index in [0.717, 1.165) is 95.8 Å². The van der Waals surface area contributed by atoms with E-state index >= 15 is 0 Å². The Hall–Kier alpha value is -1.94. The van der Waals surface area contributed by atoms with Gasteiger partial charge in [0.2, 0.25) is 0 Å². The van der Waals surface area contributed by atoms with Crippen molar-refractivity contribution in [2.24, 2.45) is 5.92 Å². The highest BCUT2D eigenvalue weighted by Crippen LogP contribution is 2.45. The van der Waals surface area contributed by atoms with Crippen molar-refractivity contribution in [3.05, 3.63) is 0 Å². The van der Waals surface area contributed by atoms with Gasteiger partial charge in [0, 0.05) is 25.7 Å². The van der Waals surface area contributed by atoms with Crippen LogP contribution in [-0.2, 0) is 65.4 Å². The van der Waals surface area contributed by atoms with E-state index in [-0.39, 0.29) is 25.7 Å². The first-order chi connectivity index (χ1) is 49.1. The van der Waals surface area contributed by atoms with Crippen molar-refractivity contribution in [1.82, 2.24) is 0 Å². The Balaban J connectivity index is 5.23. The number of aliphatic hydroxyl groups excluding tert-OH is 1. The smallest absolute Gasteiger partial charge is 0.462 e. The summed E-state index contributed by atoms with van der Waals surface area (Å²) in [6.07, 6.45) is 66.5. The third kappa shape index (κ3) is 74.7. The van der Waals surface area contributed by atoms with Gasteiger partial charge in [-0.1, -0.05) is 388 Å². The van der Waals surface area contributed by atoms with Gasteiger partial charge in [-0.2, -0.15) is 0 Å². The number of hydrogen-bond donors (Lipinski definition) is 3. The molecule has 0 aromatic heterocycles. The van der Waals surface area contributed by atoms with Gasteiger partial charge in [-0.3, -0.25) is 37.3 Å². The molecule has 0 aliphatic carbocycles. The normalized spacial score (nSPS) is 14.1. The first-order valence-electron chi connectivity index (χ1n) is 42.7. The Morgan fingerprint density at radius 2 is 0.475 bits per heavy atom. The van der Waals surface area contributed by atoms with Crippen LogP contribution in [0.1, 0.15) is 439 Å². The molecule has 0 aliphatic heterocycles. The third-order valence-corrected chi connectivity index (χ3v) is 21.5. The average Bonchev–Trinajstić information content (AvgIpc) is 0.957. The van der Waals surface area contributed by atoms with E-state index in [1.54, 1.807) is 0 Å². The van der Waals surface area contributed by atoms with Gasteiger partial charge in [-0.25, -0.2) is 9.13 Å². The topological polar surface area (TPSA) is 237 Å². The van der Waals surface area contributed by atoms with E-state index in [9.17, 15) is 43.2 Å². The highest BCUT2D eigenvalue weighted by atomic mass is 31.2. The largest absolute Gasteiger partial charge is 0.472 e. The Bertz CT molecular complexity index is 1930. The Kier molecular flexibility index (Phi) is 73.5. The van der Waals surface area contributed by atoms with Gasteiger partial charge >= 0.3 is 39.5 Å². The molecular weight excluding hydrogens is 1320 g/mol. The van der Waals surface area contributed by atoms with Crippen LogP contribution in [0.5, 0.6) is 0 Å². The van der Waals surface area contributed by atoms with Crippen molar-refractivity contribution in [1.29, 1.82) is 0 Å². The zero-order valence-corrected chi connectivity index (χ0v) is 67.8. The minimum atomic E-state index is -4.96. The van der Waals surface area contributed by atoms with Gasteiger partial charge in [0.25, 0.3) is 0 Å². The van der Waals surface area contributed by atoms with Gasteiger partial charge in [0.05, 0.1) is 26.4 Å². The lowest BCUT2D eigenvalue weighted by molar-refractivity contribution is -0.161. The predicted molar refractivity (Wildman–Crippen MR) is 414 cm³/mol. The highest BCUT2D eigenvalue weighted by molar-refractivity contribution is 7.47. The van der Waals surface area contributed by atoms with E-state index in [1.165, 1.54) is 263 Å². The number of esters is 4. The van der Waals surface area contributed by atoms with E-state index < -0.39 is 97.5 Å². The van der Waals surface area contributed by atoms with Crippen LogP contribution in [0.15, 0.2) is 0 Å². The molecule has 0 spiro atoms. The Morgan fingerprint density at radius 3 is 0.703 bits per heavy atom. The molecule has 17 nitrogen and oxygen atoms in total. The molecule has 0 fully saturated rings. The van der Waals surface area contributed by atoms with Crippen LogP contribution >= 0.6 is 15.6 Å². The Morgan fingerprint density at radius 1 is 0.277 bits per heavy atom. The molecule has 0 radical (unpaired) electrons. The molecule has 600 valence electrons. The summed E-state index contributed by atoms with van der Waals surface area (Å²) in [7, 11) is -9.92. The number of rotatable bonds is 82. The van der Waals surface area contributed by atoms with Crippen molar-refractivity contribution in [2.45, 2.75) is 457 Å². The molecule has 3 unspecified atom stereocenters. The van der Waals surface area contributed by atoms with Crippen molar-refractivity contribution >= 4 is 39.5 Å². The summed E-state index contributed by atoms with van der Waals surface area (Å²) >= 11 is 0. The molecule has 0 aromatic carbocycles. The number of aliphatic hydroxyl groups is 1. The summed E-state index contributed by atoms with van der Waals surface area (Å²) in [5.41, 5.74) is 0. The monoisotopic (exact) mass is 1480 g/mol. The van der Waals surface area contributed by atoms with Crippen LogP contribution in [0.2, 0.25) is 0 Å². The molecule has 0 amide bonds. The zero-order valence-electron chi connectivity index (χ0n) is 66.1. The third-order valence-electron chi connectivity index (χ3n) is 19.6. The van der Waals surface area contributed by atoms with Crippen LogP contribution in [0, 0.1) is 5.92 Å². The van der Waals surface area contributed by atoms with Crippen molar-refractivity contribution in [2.75, 3.05) is 39.6 Å². The van der Waals surface area contributed by atoms with Gasteiger partial charge in [-0.05, 0) is 31.6 Å². The second-order valence-electron chi connectivity index (χ2n) is 29.8. The summed E-state index contributed by atoms with van der Waals surface area (Å²) in [6.45, 7) is 7.36. The summed E-state index contributed by atoms with van der Waals surface area (Å²) in [4.78, 5) is 73.1. The van der Waals surface area contributed by atoms with Crippen LogP contribution in [-0.4, -0.2) is 96.7 Å². The van der Waals surface area contributed by atoms with Gasteiger partial charge < -0.3 is 33.8 Å². The lowest BCUT2D eigenvalue weighted by atomic mass is 9.99. The number of phosphoric acid groups is 2. The van der Waals surface area contributed by atoms with Crippen molar-refractivity contribution in [3.8, 4) is 0 Å². The van der Waals surface area contributed by atoms with Crippen LogP contribution in [0.25, 0.3) is 0 Å².